The first-order valence-corrected chi connectivity index (χ1v) is 8.86. The Morgan fingerprint density at radius 3 is 2.65 bits per heavy atom. The number of carbonyl (C=O) groups is 1. The Kier molecular flexibility index (Phi) is 5.36. The molecule has 126 valence electrons. The van der Waals surface area contributed by atoms with Crippen LogP contribution in [0.25, 0.3) is 0 Å². The molecule has 1 aliphatic carbocycles. The van der Waals surface area contributed by atoms with Crippen LogP contribution in [0.3, 0.4) is 0 Å². The fourth-order valence-electron chi connectivity index (χ4n) is 3.84. The maximum absolute atomic E-state index is 10.6. The predicted octanol–water partition coefficient (Wildman–Crippen LogP) is 3.44. The Labute approximate surface area is 138 Å². The SMILES string of the molecule is NC(=O)OCCC1CCN(c2cccc(C3CCCC3)n2)CC1. The van der Waals surface area contributed by atoms with Crippen LogP contribution >= 0.6 is 0 Å². The lowest BCUT2D eigenvalue weighted by molar-refractivity contribution is 0.146. The molecule has 1 aromatic heterocycles. The molecular formula is C18H27N3O2. The van der Waals surface area contributed by atoms with Gasteiger partial charge in [0.2, 0.25) is 0 Å². The Hall–Kier alpha value is -1.78. The van der Waals surface area contributed by atoms with Crippen LogP contribution in [0.5, 0.6) is 0 Å². The number of amides is 1. The second-order valence-electron chi connectivity index (χ2n) is 6.79. The average Bonchev–Trinajstić information content (AvgIpc) is 3.10. The zero-order valence-electron chi connectivity index (χ0n) is 13.7. The van der Waals surface area contributed by atoms with E-state index in [0.717, 1.165) is 38.2 Å². The molecule has 0 aromatic carbocycles. The summed E-state index contributed by atoms with van der Waals surface area (Å²) in [6, 6.07) is 6.48. The molecule has 1 aromatic rings. The van der Waals surface area contributed by atoms with E-state index >= 15 is 0 Å². The number of hydrogen-bond donors (Lipinski definition) is 1. The van der Waals surface area contributed by atoms with E-state index in [2.05, 4.69) is 23.1 Å². The number of hydrogen-bond acceptors (Lipinski definition) is 4. The largest absolute Gasteiger partial charge is 0.450 e. The summed E-state index contributed by atoms with van der Waals surface area (Å²) in [5.74, 6) is 2.41. The summed E-state index contributed by atoms with van der Waals surface area (Å²) in [7, 11) is 0. The third-order valence-electron chi connectivity index (χ3n) is 5.24. The quantitative estimate of drug-likeness (QED) is 0.903. The van der Waals surface area contributed by atoms with Crippen LogP contribution in [0.15, 0.2) is 18.2 Å². The second kappa shape index (κ2) is 7.66. The third kappa shape index (κ3) is 4.36. The molecule has 1 amide bonds. The van der Waals surface area contributed by atoms with E-state index in [1.807, 2.05) is 0 Å². The fourth-order valence-corrected chi connectivity index (χ4v) is 3.84. The van der Waals surface area contributed by atoms with Gasteiger partial charge < -0.3 is 15.4 Å². The van der Waals surface area contributed by atoms with Crippen LogP contribution in [0.1, 0.15) is 56.6 Å². The topological polar surface area (TPSA) is 68.5 Å². The molecule has 5 heteroatoms. The Bertz CT molecular complexity index is 521. The summed E-state index contributed by atoms with van der Waals surface area (Å²) in [5.41, 5.74) is 6.27. The summed E-state index contributed by atoms with van der Waals surface area (Å²) in [6.45, 7) is 2.50. The van der Waals surface area contributed by atoms with Crippen molar-refractivity contribution in [1.29, 1.82) is 0 Å². The normalized spacial score (nSPS) is 19.9. The molecule has 23 heavy (non-hydrogen) atoms. The van der Waals surface area contributed by atoms with Crippen LogP contribution in [0, 0.1) is 5.92 Å². The smallest absolute Gasteiger partial charge is 0.404 e. The molecule has 5 nitrogen and oxygen atoms in total. The van der Waals surface area contributed by atoms with Crippen molar-refractivity contribution in [2.45, 2.75) is 50.9 Å². The Morgan fingerprint density at radius 2 is 1.96 bits per heavy atom. The Morgan fingerprint density at radius 1 is 1.22 bits per heavy atom. The highest BCUT2D eigenvalue weighted by atomic mass is 16.5. The minimum atomic E-state index is -0.671. The molecule has 0 bridgehead atoms. The van der Waals surface area contributed by atoms with Gasteiger partial charge in [0.1, 0.15) is 5.82 Å². The zero-order chi connectivity index (χ0) is 16.1. The van der Waals surface area contributed by atoms with Gasteiger partial charge in [0.05, 0.1) is 6.61 Å². The maximum Gasteiger partial charge on any atom is 0.404 e. The number of nitrogens with zero attached hydrogens (tertiary/aromatic N) is 2. The number of pyridine rings is 1. The first-order valence-electron chi connectivity index (χ1n) is 8.86. The van der Waals surface area contributed by atoms with E-state index in [-0.39, 0.29) is 0 Å². The van der Waals surface area contributed by atoms with E-state index in [4.69, 9.17) is 15.5 Å². The van der Waals surface area contributed by atoms with Gasteiger partial charge in [-0.2, -0.15) is 0 Å². The van der Waals surface area contributed by atoms with Crippen molar-refractivity contribution < 1.29 is 9.53 Å². The first kappa shape index (κ1) is 16.1. The third-order valence-corrected chi connectivity index (χ3v) is 5.24. The fraction of sp³-hybridized carbons (Fsp3) is 0.667. The van der Waals surface area contributed by atoms with E-state index in [1.54, 1.807) is 0 Å². The van der Waals surface area contributed by atoms with Crippen molar-refractivity contribution in [3.8, 4) is 0 Å². The highest BCUT2D eigenvalue weighted by Gasteiger charge is 2.22. The highest BCUT2D eigenvalue weighted by molar-refractivity contribution is 5.64. The molecule has 0 radical (unpaired) electrons. The number of nitrogens with two attached hydrogens (primary N) is 1. The monoisotopic (exact) mass is 317 g/mol. The summed E-state index contributed by atoms with van der Waals surface area (Å²) in [4.78, 5) is 17.9. The Balaban J connectivity index is 1.51. The van der Waals surface area contributed by atoms with Crippen molar-refractivity contribution in [2.75, 3.05) is 24.6 Å². The van der Waals surface area contributed by atoms with Crippen molar-refractivity contribution in [1.82, 2.24) is 4.98 Å². The molecule has 0 unspecified atom stereocenters. The van der Waals surface area contributed by atoms with Crippen LogP contribution in [-0.4, -0.2) is 30.8 Å². The molecule has 2 N–H and O–H groups in total. The van der Waals surface area contributed by atoms with Crippen LogP contribution < -0.4 is 10.6 Å². The molecule has 2 aliphatic rings. The van der Waals surface area contributed by atoms with E-state index in [0.29, 0.717) is 18.4 Å². The standard InChI is InChI=1S/C18H27N3O2/c19-18(22)23-13-10-14-8-11-21(12-9-14)17-7-3-6-16(20-17)15-4-1-2-5-15/h3,6-7,14-15H,1-2,4-5,8-13H2,(H2,19,22). The molecule has 1 saturated heterocycles. The van der Waals surface area contributed by atoms with Crippen LogP contribution in [0.2, 0.25) is 0 Å². The molecule has 0 spiro atoms. The summed E-state index contributed by atoms with van der Waals surface area (Å²) >= 11 is 0. The number of anilines is 1. The average molecular weight is 317 g/mol. The molecule has 1 saturated carbocycles. The van der Waals surface area contributed by atoms with Gasteiger partial charge in [-0.3, -0.25) is 0 Å². The van der Waals surface area contributed by atoms with Crippen molar-refractivity contribution in [3.05, 3.63) is 23.9 Å². The van der Waals surface area contributed by atoms with Crippen molar-refractivity contribution in [3.63, 3.8) is 0 Å². The predicted molar refractivity (Wildman–Crippen MR) is 90.5 cm³/mol. The number of carbonyl (C=O) groups excluding carboxylic acids is 1. The summed E-state index contributed by atoms with van der Waals surface area (Å²) in [6.07, 6.45) is 7.75. The van der Waals surface area contributed by atoms with E-state index in [9.17, 15) is 4.79 Å². The minimum Gasteiger partial charge on any atom is -0.450 e. The minimum absolute atomic E-state index is 0.440. The van der Waals surface area contributed by atoms with Crippen molar-refractivity contribution in [2.24, 2.45) is 11.7 Å². The molecule has 3 rings (SSSR count). The lowest BCUT2D eigenvalue weighted by atomic mass is 9.94. The summed E-state index contributed by atoms with van der Waals surface area (Å²) in [5, 5.41) is 0. The number of piperidine rings is 1. The van der Waals surface area contributed by atoms with Gasteiger partial charge in [-0.25, -0.2) is 9.78 Å². The van der Waals surface area contributed by atoms with Gasteiger partial charge in [0.25, 0.3) is 0 Å². The first-order chi connectivity index (χ1) is 11.2. The van der Waals surface area contributed by atoms with Gasteiger partial charge in [-0.1, -0.05) is 18.9 Å². The van der Waals surface area contributed by atoms with Crippen LogP contribution in [0.4, 0.5) is 10.6 Å². The molecular weight excluding hydrogens is 290 g/mol. The van der Waals surface area contributed by atoms with Crippen molar-refractivity contribution >= 4 is 11.9 Å². The number of primary amides is 1. The van der Waals surface area contributed by atoms with E-state index in [1.165, 1.54) is 31.4 Å². The molecule has 2 heterocycles. The molecule has 1 aliphatic heterocycles. The highest BCUT2D eigenvalue weighted by Crippen LogP contribution is 2.34. The number of rotatable bonds is 5. The lowest BCUT2D eigenvalue weighted by Gasteiger charge is -2.33. The molecule has 0 atom stereocenters. The van der Waals surface area contributed by atoms with Gasteiger partial charge in [-0.05, 0) is 50.2 Å². The summed E-state index contributed by atoms with van der Waals surface area (Å²) < 4.78 is 4.84. The number of ether oxygens (including phenoxy) is 1. The molecule has 2 fully saturated rings. The van der Waals surface area contributed by atoms with E-state index < -0.39 is 6.09 Å². The second-order valence-corrected chi connectivity index (χ2v) is 6.79. The van der Waals surface area contributed by atoms with Gasteiger partial charge >= 0.3 is 6.09 Å². The lowest BCUT2D eigenvalue weighted by Crippen LogP contribution is -2.34. The van der Waals surface area contributed by atoms with Gasteiger partial charge in [0.15, 0.2) is 0 Å². The van der Waals surface area contributed by atoms with Gasteiger partial charge in [0, 0.05) is 24.7 Å². The maximum atomic E-state index is 10.6. The van der Waals surface area contributed by atoms with Crippen LogP contribution in [-0.2, 0) is 4.74 Å². The number of aromatic nitrogens is 1. The van der Waals surface area contributed by atoms with Gasteiger partial charge in [-0.15, -0.1) is 0 Å². The zero-order valence-corrected chi connectivity index (χ0v) is 13.7.